The molecule has 162 valence electrons. The van der Waals surface area contributed by atoms with Gasteiger partial charge in [0.15, 0.2) is 5.96 Å². The first-order valence-corrected chi connectivity index (χ1v) is 9.81. The van der Waals surface area contributed by atoms with E-state index in [2.05, 4.69) is 32.7 Å². The van der Waals surface area contributed by atoms with Crippen molar-refractivity contribution in [1.82, 2.24) is 10.2 Å². The number of hydrogen-bond acceptors (Lipinski definition) is 3. The summed E-state index contributed by atoms with van der Waals surface area (Å²) in [5.74, 6) is 1.31. The number of methoxy groups -OCH3 is 1. The van der Waals surface area contributed by atoms with Crippen LogP contribution in [0.2, 0.25) is 0 Å². The highest BCUT2D eigenvalue weighted by molar-refractivity contribution is 14.0. The van der Waals surface area contributed by atoms with Crippen molar-refractivity contribution in [3.05, 3.63) is 59.9 Å². The number of nitrogens with zero attached hydrogens (tertiary/aromatic N) is 2. The lowest BCUT2D eigenvalue weighted by atomic mass is 9.98. The summed E-state index contributed by atoms with van der Waals surface area (Å²) in [6.07, 6.45) is 1.02. The number of hydrogen-bond donors (Lipinski definition) is 2. The van der Waals surface area contributed by atoms with Gasteiger partial charge < -0.3 is 20.3 Å². The van der Waals surface area contributed by atoms with Crippen LogP contribution in [0, 0.1) is 5.82 Å². The van der Waals surface area contributed by atoms with Crippen molar-refractivity contribution in [2.24, 2.45) is 4.99 Å². The second kappa shape index (κ2) is 11.7. The van der Waals surface area contributed by atoms with E-state index >= 15 is 0 Å². The Morgan fingerprint density at radius 3 is 2.70 bits per heavy atom. The lowest BCUT2D eigenvalue weighted by molar-refractivity contribution is -0.114. The van der Waals surface area contributed by atoms with Gasteiger partial charge in [-0.15, -0.1) is 24.0 Å². The normalized spacial score (nSPS) is 16.0. The van der Waals surface area contributed by atoms with Crippen LogP contribution in [0.5, 0.6) is 5.75 Å². The Kier molecular flexibility index (Phi) is 9.35. The molecule has 6 nitrogen and oxygen atoms in total. The first-order chi connectivity index (χ1) is 14.1. The topological polar surface area (TPSA) is 66.0 Å². The zero-order valence-corrected chi connectivity index (χ0v) is 19.6. The van der Waals surface area contributed by atoms with Gasteiger partial charge in [-0.25, -0.2) is 9.38 Å². The van der Waals surface area contributed by atoms with Crippen molar-refractivity contribution in [2.75, 3.05) is 38.6 Å². The van der Waals surface area contributed by atoms with Gasteiger partial charge >= 0.3 is 0 Å². The van der Waals surface area contributed by atoms with Crippen molar-refractivity contribution >= 4 is 41.5 Å². The number of amides is 1. The number of benzene rings is 2. The first kappa shape index (κ1) is 23.9. The minimum Gasteiger partial charge on any atom is -0.497 e. The molecule has 1 fully saturated rings. The van der Waals surface area contributed by atoms with Crippen LogP contribution in [-0.2, 0) is 4.79 Å². The second-order valence-corrected chi connectivity index (χ2v) is 6.93. The van der Waals surface area contributed by atoms with Crippen LogP contribution in [-0.4, -0.2) is 50.1 Å². The van der Waals surface area contributed by atoms with Crippen LogP contribution in [0.3, 0.4) is 0 Å². The summed E-state index contributed by atoms with van der Waals surface area (Å²) in [5.41, 5.74) is 1.70. The highest BCUT2D eigenvalue weighted by atomic mass is 127. The van der Waals surface area contributed by atoms with Gasteiger partial charge in [0.25, 0.3) is 0 Å². The van der Waals surface area contributed by atoms with Crippen molar-refractivity contribution in [2.45, 2.75) is 19.3 Å². The number of carbonyl (C=O) groups is 1. The summed E-state index contributed by atoms with van der Waals surface area (Å²) in [5, 5.41) is 5.93. The molecule has 1 heterocycles. The Balaban J connectivity index is 0.00000320. The number of rotatable bonds is 6. The first-order valence-electron chi connectivity index (χ1n) is 9.81. The number of aliphatic imine (C=N–C) groups is 1. The third kappa shape index (κ3) is 6.58. The Labute approximate surface area is 193 Å². The Morgan fingerprint density at radius 1 is 1.27 bits per heavy atom. The summed E-state index contributed by atoms with van der Waals surface area (Å²) in [6.45, 7) is 4.40. The summed E-state index contributed by atoms with van der Waals surface area (Å²) < 4.78 is 18.5. The molecule has 3 rings (SSSR count). The molecule has 0 aliphatic carbocycles. The standard InChI is InChI=1S/C22H27FN4O2.HI/c1-3-24-22(25-14-21(28)26-19-6-4-5-18(23)13-19)27-12-11-17(15-27)16-7-9-20(29-2)10-8-16;/h4-10,13,17H,3,11-12,14-15H2,1-2H3,(H,24,25)(H,26,28);1H. The molecule has 2 N–H and O–H groups in total. The highest BCUT2D eigenvalue weighted by Crippen LogP contribution is 2.28. The van der Waals surface area contributed by atoms with Crippen LogP contribution >= 0.6 is 24.0 Å². The Hall–Kier alpha value is -2.36. The third-order valence-electron chi connectivity index (χ3n) is 4.89. The monoisotopic (exact) mass is 526 g/mol. The van der Waals surface area contributed by atoms with E-state index in [1.165, 1.54) is 17.7 Å². The van der Waals surface area contributed by atoms with Gasteiger partial charge in [-0.1, -0.05) is 18.2 Å². The van der Waals surface area contributed by atoms with Gasteiger partial charge in [0.05, 0.1) is 7.11 Å². The van der Waals surface area contributed by atoms with Crippen LogP contribution < -0.4 is 15.4 Å². The zero-order chi connectivity index (χ0) is 20.6. The van der Waals surface area contributed by atoms with E-state index in [-0.39, 0.29) is 42.2 Å². The highest BCUT2D eigenvalue weighted by Gasteiger charge is 2.26. The summed E-state index contributed by atoms with van der Waals surface area (Å²) in [4.78, 5) is 18.8. The van der Waals surface area contributed by atoms with Crippen LogP contribution in [0.15, 0.2) is 53.5 Å². The molecule has 1 aliphatic rings. The fourth-order valence-corrected chi connectivity index (χ4v) is 3.44. The molecule has 1 atom stereocenters. The lowest BCUT2D eigenvalue weighted by Crippen LogP contribution is -2.40. The fraction of sp³-hybridized carbons (Fsp3) is 0.364. The number of halogens is 2. The molecule has 1 saturated heterocycles. The van der Waals surface area contributed by atoms with Gasteiger partial charge in [-0.05, 0) is 49.2 Å². The predicted molar refractivity (Wildman–Crippen MR) is 128 cm³/mol. The van der Waals surface area contributed by atoms with Gasteiger partial charge in [-0.3, -0.25) is 4.79 Å². The van der Waals surface area contributed by atoms with E-state index in [1.807, 2.05) is 19.1 Å². The van der Waals surface area contributed by atoms with Gasteiger partial charge in [0, 0.05) is 31.2 Å². The number of guanidine groups is 1. The van der Waals surface area contributed by atoms with Crippen LogP contribution in [0.4, 0.5) is 10.1 Å². The summed E-state index contributed by atoms with van der Waals surface area (Å²) in [6, 6.07) is 14.0. The summed E-state index contributed by atoms with van der Waals surface area (Å²) >= 11 is 0. The molecule has 0 bridgehead atoms. The minimum atomic E-state index is -0.388. The van der Waals surface area contributed by atoms with E-state index in [4.69, 9.17) is 4.74 Å². The van der Waals surface area contributed by atoms with E-state index in [0.717, 1.165) is 31.2 Å². The Morgan fingerprint density at radius 2 is 2.03 bits per heavy atom. The van der Waals surface area contributed by atoms with E-state index in [9.17, 15) is 9.18 Å². The second-order valence-electron chi connectivity index (χ2n) is 6.93. The van der Waals surface area contributed by atoms with Crippen molar-refractivity contribution in [3.8, 4) is 5.75 Å². The SMILES string of the molecule is CCNC(=NCC(=O)Nc1cccc(F)c1)N1CCC(c2ccc(OC)cc2)C1.I. The zero-order valence-electron chi connectivity index (χ0n) is 17.2. The molecule has 0 radical (unpaired) electrons. The minimum absolute atomic E-state index is 0. The molecule has 2 aromatic rings. The maximum atomic E-state index is 13.3. The molecule has 8 heteroatoms. The molecular weight excluding hydrogens is 498 g/mol. The Bertz CT molecular complexity index is 860. The van der Waals surface area contributed by atoms with E-state index in [1.54, 1.807) is 19.2 Å². The number of likely N-dealkylation sites (tertiary alicyclic amines) is 1. The molecule has 0 aromatic heterocycles. The third-order valence-corrected chi connectivity index (χ3v) is 4.89. The molecular formula is C22H28FIN4O2. The maximum absolute atomic E-state index is 13.3. The average molecular weight is 526 g/mol. The van der Waals surface area contributed by atoms with Crippen molar-refractivity contribution < 1.29 is 13.9 Å². The number of carbonyl (C=O) groups excluding carboxylic acids is 1. The molecule has 1 unspecified atom stereocenters. The van der Waals surface area contributed by atoms with E-state index in [0.29, 0.717) is 18.2 Å². The maximum Gasteiger partial charge on any atom is 0.246 e. The average Bonchev–Trinajstić information content (AvgIpc) is 3.21. The van der Waals surface area contributed by atoms with Crippen LogP contribution in [0.25, 0.3) is 0 Å². The molecule has 0 spiro atoms. The lowest BCUT2D eigenvalue weighted by Gasteiger charge is -2.21. The molecule has 30 heavy (non-hydrogen) atoms. The number of anilines is 1. The predicted octanol–water partition coefficient (Wildman–Crippen LogP) is 3.85. The summed E-state index contributed by atoms with van der Waals surface area (Å²) in [7, 11) is 1.66. The molecule has 1 amide bonds. The molecule has 2 aromatic carbocycles. The fourth-order valence-electron chi connectivity index (χ4n) is 3.44. The van der Waals surface area contributed by atoms with Gasteiger partial charge in [-0.2, -0.15) is 0 Å². The number of nitrogens with one attached hydrogen (secondary N) is 2. The van der Waals surface area contributed by atoms with Crippen molar-refractivity contribution in [1.29, 1.82) is 0 Å². The van der Waals surface area contributed by atoms with Gasteiger partial charge in [0.2, 0.25) is 5.91 Å². The quantitative estimate of drug-likeness (QED) is 0.341. The largest absolute Gasteiger partial charge is 0.497 e. The van der Waals surface area contributed by atoms with Crippen LogP contribution in [0.1, 0.15) is 24.8 Å². The van der Waals surface area contributed by atoms with E-state index < -0.39 is 0 Å². The van der Waals surface area contributed by atoms with Gasteiger partial charge in [0.1, 0.15) is 18.1 Å². The molecule has 1 aliphatic heterocycles. The molecule has 0 saturated carbocycles. The number of ether oxygens (including phenoxy) is 1. The smallest absolute Gasteiger partial charge is 0.246 e. The van der Waals surface area contributed by atoms with Crippen molar-refractivity contribution in [3.63, 3.8) is 0 Å².